The van der Waals surface area contributed by atoms with E-state index in [0.29, 0.717) is 5.92 Å². The van der Waals surface area contributed by atoms with Gasteiger partial charge in [-0.25, -0.2) is 8.80 Å². The lowest BCUT2D eigenvalue weighted by Gasteiger charge is -2.15. The highest BCUT2D eigenvalue weighted by molar-refractivity contribution is 6.43. The molecule has 1 aromatic rings. The van der Waals surface area contributed by atoms with Crippen LogP contribution in [0.4, 0.5) is 4.32 Å². The van der Waals surface area contributed by atoms with Crippen molar-refractivity contribution in [2.45, 2.75) is 40.5 Å². The molecule has 104 valence electrons. The van der Waals surface area contributed by atoms with Gasteiger partial charge in [0.2, 0.25) is 0 Å². The van der Waals surface area contributed by atoms with E-state index in [0.717, 1.165) is 41.2 Å². The fourth-order valence-corrected chi connectivity index (χ4v) is 3.08. The Balaban J connectivity index is 2.04. The van der Waals surface area contributed by atoms with Gasteiger partial charge in [-0.2, -0.15) is 0 Å². The van der Waals surface area contributed by atoms with Gasteiger partial charge in [0, 0.05) is 36.0 Å². The first-order chi connectivity index (χ1) is 9.49. The summed E-state index contributed by atoms with van der Waals surface area (Å²) >= 11 is 0. The van der Waals surface area contributed by atoms with Crippen molar-refractivity contribution in [1.82, 2.24) is 4.48 Å². The molecule has 2 aliphatic heterocycles. The van der Waals surface area contributed by atoms with Crippen LogP contribution in [-0.2, 0) is 0 Å². The van der Waals surface area contributed by atoms with Gasteiger partial charge in [0.05, 0.1) is 0 Å². The van der Waals surface area contributed by atoms with E-state index in [-0.39, 0.29) is 0 Å². The Kier molecular flexibility index (Phi) is 3.19. The number of hydrogen-bond acceptors (Lipinski definition) is 0. The van der Waals surface area contributed by atoms with Crippen LogP contribution in [0.1, 0.15) is 43.6 Å². The van der Waals surface area contributed by atoms with E-state index in [2.05, 4.69) is 32.1 Å². The van der Waals surface area contributed by atoms with Gasteiger partial charge in [-0.1, -0.05) is 13.8 Å². The second-order valence-electron chi connectivity index (χ2n) is 6.23. The summed E-state index contributed by atoms with van der Waals surface area (Å²) < 4.78 is 18.6. The molecule has 0 spiro atoms. The molecule has 0 unspecified atom stereocenters. The van der Waals surface area contributed by atoms with Crippen molar-refractivity contribution in [2.24, 2.45) is 5.92 Å². The van der Waals surface area contributed by atoms with Crippen LogP contribution in [0.3, 0.4) is 0 Å². The SMILES string of the molecule is Cc1cc(C)n2c1C=C1C=CC(CCC(C)C)=[N+]1B2F. The zero-order chi connectivity index (χ0) is 14.4. The molecule has 0 amide bonds. The molecule has 0 radical (unpaired) electrons. The van der Waals surface area contributed by atoms with E-state index >= 15 is 0 Å². The first-order valence-electron chi connectivity index (χ1n) is 7.36. The van der Waals surface area contributed by atoms with Crippen LogP contribution < -0.4 is 0 Å². The maximum atomic E-state index is 15.0. The van der Waals surface area contributed by atoms with Crippen LogP contribution in [0.25, 0.3) is 6.08 Å². The number of fused-ring (bicyclic) bond motifs is 2. The zero-order valence-corrected chi connectivity index (χ0v) is 12.7. The van der Waals surface area contributed by atoms with E-state index in [4.69, 9.17) is 0 Å². The van der Waals surface area contributed by atoms with Crippen molar-refractivity contribution in [3.8, 4) is 0 Å². The highest BCUT2D eigenvalue weighted by Gasteiger charge is 2.47. The summed E-state index contributed by atoms with van der Waals surface area (Å²) in [6.45, 7) is 8.42. The van der Waals surface area contributed by atoms with E-state index in [1.807, 2.05) is 24.4 Å². The third-order valence-corrected chi connectivity index (χ3v) is 4.19. The van der Waals surface area contributed by atoms with Gasteiger partial charge < -0.3 is 0 Å². The first kappa shape index (κ1) is 13.4. The number of nitrogens with zero attached hydrogens (tertiary/aromatic N) is 2. The second-order valence-corrected chi connectivity index (χ2v) is 6.23. The topological polar surface area (TPSA) is 7.94 Å². The molecular weight excluding hydrogens is 250 g/mol. The zero-order valence-electron chi connectivity index (χ0n) is 12.7. The minimum Gasteiger partial charge on any atom is -0.290 e. The molecular formula is C16H21BFN2+. The number of rotatable bonds is 3. The number of allylic oxidation sites excluding steroid dienone is 2. The van der Waals surface area contributed by atoms with Crippen molar-refractivity contribution in [1.29, 1.82) is 0 Å². The summed E-state index contributed by atoms with van der Waals surface area (Å²) in [4.78, 5) is 0. The predicted octanol–water partition coefficient (Wildman–Crippen LogP) is 3.72. The van der Waals surface area contributed by atoms with Gasteiger partial charge in [0.1, 0.15) is 0 Å². The normalized spacial score (nSPS) is 16.9. The summed E-state index contributed by atoms with van der Waals surface area (Å²) in [7, 11) is -1.11. The molecule has 2 nitrogen and oxygen atoms in total. The Labute approximate surface area is 120 Å². The van der Waals surface area contributed by atoms with Crippen LogP contribution in [0.15, 0.2) is 23.9 Å². The number of halogens is 1. The van der Waals surface area contributed by atoms with Crippen LogP contribution in [0.2, 0.25) is 0 Å². The van der Waals surface area contributed by atoms with Crippen LogP contribution in [-0.4, -0.2) is 21.9 Å². The Morgan fingerprint density at radius 3 is 2.75 bits per heavy atom. The standard InChI is InChI=1S/C16H21BFN2/c1-11(2)5-6-14-7-8-15-10-16-12(3)9-13(4)19(16)17(18)20(14)15/h7-11H,5-6H2,1-4H3/q+1. The average molecular weight is 271 g/mol. The molecule has 20 heavy (non-hydrogen) atoms. The van der Waals surface area contributed by atoms with Crippen LogP contribution in [0, 0.1) is 19.8 Å². The summed E-state index contributed by atoms with van der Waals surface area (Å²) in [5.74, 6) is 0.637. The van der Waals surface area contributed by atoms with E-state index in [9.17, 15) is 4.32 Å². The van der Waals surface area contributed by atoms with Crippen molar-refractivity contribution >= 4 is 19.0 Å². The third kappa shape index (κ3) is 1.98. The molecule has 0 N–H and O–H groups in total. The number of hydrogen-bond donors (Lipinski definition) is 0. The molecule has 0 aromatic carbocycles. The summed E-state index contributed by atoms with van der Waals surface area (Å²) in [5, 5.41) is 0. The second kappa shape index (κ2) is 4.76. The van der Waals surface area contributed by atoms with Gasteiger partial charge in [0.15, 0.2) is 11.4 Å². The van der Waals surface area contributed by atoms with Crippen molar-refractivity contribution in [3.63, 3.8) is 0 Å². The van der Waals surface area contributed by atoms with Gasteiger partial charge in [-0.15, -0.1) is 0 Å². The molecule has 0 aliphatic carbocycles. The Morgan fingerprint density at radius 2 is 2.05 bits per heavy atom. The van der Waals surface area contributed by atoms with Gasteiger partial charge in [0.25, 0.3) is 0 Å². The Hall–Kier alpha value is -1.58. The fourth-order valence-electron chi connectivity index (χ4n) is 3.08. The van der Waals surface area contributed by atoms with E-state index in [1.165, 1.54) is 0 Å². The van der Waals surface area contributed by atoms with Gasteiger partial charge >= 0.3 is 7.26 Å². The molecule has 3 rings (SSSR count). The van der Waals surface area contributed by atoms with Crippen molar-refractivity contribution < 1.29 is 8.80 Å². The lowest BCUT2D eigenvalue weighted by molar-refractivity contribution is -0.335. The fraction of sp³-hybridized carbons (Fsp3) is 0.438. The average Bonchev–Trinajstić information content (AvgIpc) is 2.90. The monoisotopic (exact) mass is 271 g/mol. The molecule has 3 heterocycles. The molecule has 0 saturated heterocycles. The number of aryl methyl sites for hydroxylation is 2. The molecule has 0 bridgehead atoms. The maximum absolute atomic E-state index is 15.0. The Morgan fingerprint density at radius 1 is 1.30 bits per heavy atom. The van der Waals surface area contributed by atoms with Gasteiger partial charge in [-0.3, -0.25) is 4.48 Å². The van der Waals surface area contributed by atoms with E-state index < -0.39 is 7.26 Å². The highest BCUT2D eigenvalue weighted by atomic mass is 19.1. The maximum Gasteiger partial charge on any atom is 0.846 e. The first-order valence-corrected chi connectivity index (χ1v) is 7.36. The van der Waals surface area contributed by atoms with E-state index in [1.54, 1.807) is 4.48 Å². The molecule has 4 heteroatoms. The minimum absolute atomic E-state index is 0.637. The third-order valence-electron chi connectivity index (χ3n) is 4.19. The summed E-state index contributed by atoms with van der Waals surface area (Å²) in [5.41, 5.74) is 5.19. The number of aromatic nitrogens is 1. The van der Waals surface area contributed by atoms with Gasteiger partial charge in [-0.05, 0) is 37.8 Å². The largest absolute Gasteiger partial charge is 0.846 e. The lowest BCUT2D eigenvalue weighted by atomic mass is 9.95. The smallest absolute Gasteiger partial charge is 0.290 e. The molecule has 0 saturated carbocycles. The summed E-state index contributed by atoms with van der Waals surface area (Å²) in [6, 6.07) is 2.05. The van der Waals surface area contributed by atoms with Crippen LogP contribution in [0.5, 0.6) is 0 Å². The predicted molar refractivity (Wildman–Crippen MR) is 82.6 cm³/mol. The molecule has 0 atom stereocenters. The minimum atomic E-state index is -1.11. The van der Waals surface area contributed by atoms with Crippen molar-refractivity contribution in [3.05, 3.63) is 40.9 Å². The molecule has 1 aromatic heterocycles. The highest BCUT2D eigenvalue weighted by Crippen LogP contribution is 2.28. The lowest BCUT2D eigenvalue weighted by Crippen LogP contribution is -2.39. The quantitative estimate of drug-likeness (QED) is 0.740. The van der Waals surface area contributed by atoms with Crippen molar-refractivity contribution in [2.75, 3.05) is 0 Å². The molecule has 0 fully saturated rings. The Bertz CT molecular complexity index is 650. The summed E-state index contributed by atoms with van der Waals surface area (Å²) in [6.07, 6.45) is 8.22. The molecule has 2 aliphatic rings. The van der Waals surface area contributed by atoms with Crippen LogP contribution >= 0.6 is 0 Å².